The lowest BCUT2D eigenvalue weighted by atomic mass is 10.0. The fraction of sp³-hybridized carbons (Fsp3) is 0.240. The molecule has 8 heteroatoms. The Bertz CT molecular complexity index is 1190. The zero-order valence-corrected chi connectivity index (χ0v) is 19.1. The lowest BCUT2D eigenvalue weighted by molar-refractivity contribution is -0.122. The van der Waals surface area contributed by atoms with Crippen LogP contribution in [0.5, 0.6) is 5.75 Å². The zero-order chi connectivity index (χ0) is 23.3. The van der Waals surface area contributed by atoms with Gasteiger partial charge in [-0.3, -0.25) is 4.79 Å². The van der Waals surface area contributed by atoms with Crippen molar-refractivity contribution >= 4 is 21.6 Å². The highest BCUT2D eigenvalue weighted by Crippen LogP contribution is 2.30. The molecule has 1 aliphatic rings. The maximum absolute atomic E-state index is 12.7. The number of hydrogen-bond donors (Lipinski definition) is 1. The third-order valence-corrected chi connectivity index (χ3v) is 7.29. The van der Waals surface area contributed by atoms with Crippen molar-refractivity contribution in [3.63, 3.8) is 0 Å². The maximum atomic E-state index is 12.7. The fourth-order valence-electron chi connectivity index (χ4n) is 3.56. The fourth-order valence-corrected chi connectivity index (χ4v) is 4.97. The molecule has 0 bridgehead atoms. The van der Waals surface area contributed by atoms with Crippen molar-refractivity contribution in [2.75, 3.05) is 31.6 Å². The number of carbonyl (C=O) groups is 1. The monoisotopic (exact) mass is 466 g/mol. The molecule has 4 rings (SSSR count). The number of benzene rings is 3. The summed E-state index contributed by atoms with van der Waals surface area (Å²) in [5.41, 5.74) is 2.39. The number of morpholine rings is 1. The Morgan fingerprint density at radius 2 is 1.58 bits per heavy atom. The summed E-state index contributed by atoms with van der Waals surface area (Å²) >= 11 is 0. The molecule has 1 saturated heterocycles. The molecule has 1 fully saturated rings. The van der Waals surface area contributed by atoms with E-state index in [-0.39, 0.29) is 10.8 Å². The lowest BCUT2D eigenvalue weighted by Crippen LogP contribution is -2.40. The highest BCUT2D eigenvalue weighted by Gasteiger charge is 2.26. The normalized spacial score (nSPS) is 15.5. The van der Waals surface area contributed by atoms with Gasteiger partial charge in [-0.25, -0.2) is 8.42 Å². The molecule has 0 aromatic heterocycles. The van der Waals surface area contributed by atoms with E-state index in [4.69, 9.17) is 9.47 Å². The Kier molecular flexibility index (Phi) is 7.08. The number of anilines is 1. The number of nitrogens with zero attached hydrogens (tertiary/aromatic N) is 1. The van der Waals surface area contributed by atoms with Gasteiger partial charge >= 0.3 is 0 Å². The number of hydrogen-bond acceptors (Lipinski definition) is 5. The predicted molar refractivity (Wildman–Crippen MR) is 127 cm³/mol. The van der Waals surface area contributed by atoms with Crippen molar-refractivity contribution < 1.29 is 22.7 Å². The van der Waals surface area contributed by atoms with Crippen LogP contribution in [0.25, 0.3) is 11.1 Å². The summed E-state index contributed by atoms with van der Waals surface area (Å²) < 4.78 is 38.1. The minimum atomic E-state index is -3.58. The van der Waals surface area contributed by atoms with Crippen LogP contribution in [0.15, 0.2) is 83.8 Å². The second-order valence-electron chi connectivity index (χ2n) is 7.65. The first-order valence-electron chi connectivity index (χ1n) is 10.7. The Morgan fingerprint density at radius 1 is 0.939 bits per heavy atom. The molecule has 1 amide bonds. The smallest absolute Gasteiger partial charge is 0.265 e. The molecule has 0 spiro atoms. The number of sulfonamides is 1. The van der Waals surface area contributed by atoms with Crippen molar-refractivity contribution in [3.8, 4) is 16.9 Å². The van der Waals surface area contributed by atoms with Crippen LogP contribution in [0.3, 0.4) is 0 Å². The molecular weight excluding hydrogens is 440 g/mol. The molecule has 1 atom stereocenters. The van der Waals surface area contributed by atoms with Gasteiger partial charge < -0.3 is 14.8 Å². The van der Waals surface area contributed by atoms with Gasteiger partial charge in [0, 0.05) is 24.3 Å². The summed E-state index contributed by atoms with van der Waals surface area (Å²) in [4.78, 5) is 12.9. The summed E-state index contributed by atoms with van der Waals surface area (Å²) in [5.74, 6) is 0.278. The van der Waals surface area contributed by atoms with E-state index in [2.05, 4.69) is 5.32 Å². The van der Waals surface area contributed by atoms with E-state index >= 15 is 0 Å². The van der Waals surface area contributed by atoms with E-state index in [0.717, 1.165) is 11.1 Å². The molecule has 0 aliphatic carbocycles. The zero-order valence-electron chi connectivity index (χ0n) is 18.3. The average molecular weight is 467 g/mol. The van der Waals surface area contributed by atoms with Gasteiger partial charge in [-0.2, -0.15) is 4.31 Å². The summed E-state index contributed by atoms with van der Waals surface area (Å²) in [6.45, 7) is 3.12. The second-order valence-corrected chi connectivity index (χ2v) is 9.59. The van der Waals surface area contributed by atoms with Crippen molar-refractivity contribution in [1.82, 2.24) is 4.31 Å². The molecule has 1 N–H and O–H groups in total. The summed E-state index contributed by atoms with van der Waals surface area (Å²) in [6.07, 6.45) is -0.758. The van der Waals surface area contributed by atoms with E-state index < -0.39 is 16.1 Å². The van der Waals surface area contributed by atoms with Gasteiger partial charge in [0.15, 0.2) is 6.10 Å². The molecule has 0 saturated carbocycles. The Balaban J connectivity index is 1.42. The topological polar surface area (TPSA) is 84.9 Å². The molecule has 3 aromatic rings. The number of rotatable bonds is 7. The first kappa shape index (κ1) is 23.0. The van der Waals surface area contributed by atoms with Gasteiger partial charge in [0.1, 0.15) is 5.75 Å². The van der Waals surface area contributed by atoms with Crippen LogP contribution in [-0.2, 0) is 19.6 Å². The molecule has 3 aromatic carbocycles. The maximum Gasteiger partial charge on any atom is 0.265 e. The molecule has 0 radical (unpaired) electrons. The minimum absolute atomic E-state index is 0.184. The molecule has 33 heavy (non-hydrogen) atoms. The third kappa shape index (κ3) is 5.42. The van der Waals surface area contributed by atoms with E-state index in [0.29, 0.717) is 37.7 Å². The summed E-state index contributed by atoms with van der Waals surface area (Å²) in [7, 11) is -3.58. The number of carbonyl (C=O) groups excluding carboxylic acids is 1. The van der Waals surface area contributed by atoms with Gasteiger partial charge in [-0.15, -0.1) is 0 Å². The van der Waals surface area contributed by atoms with Crippen molar-refractivity contribution in [1.29, 1.82) is 0 Å². The quantitative estimate of drug-likeness (QED) is 0.573. The van der Waals surface area contributed by atoms with Gasteiger partial charge in [-0.1, -0.05) is 48.5 Å². The molecule has 172 valence electrons. The van der Waals surface area contributed by atoms with Crippen LogP contribution in [0.2, 0.25) is 0 Å². The highest BCUT2D eigenvalue weighted by molar-refractivity contribution is 7.89. The molecular formula is C25H26N2O5S. The Morgan fingerprint density at radius 3 is 2.27 bits per heavy atom. The van der Waals surface area contributed by atoms with Crippen molar-refractivity contribution in [2.24, 2.45) is 0 Å². The van der Waals surface area contributed by atoms with Crippen LogP contribution in [0.1, 0.15) is 6.92 Å². The Labute approximate surface area is 194 Å². The summed E-state index contributed by atoms with van der Waals surface area (Å²) in [5, 5.41) is 2.79. The number of para-hydroxylation sites is 1. The van der Waals surface area contributed by atoms with Crippen LogP contribution in [0.4, 0.5) is 5.69 Å². The number of ether oxygens (including phenoxy) is 2. The van der Waals surface area contributed by atoms with Gasteiger partial charge in [0.25, 0.3) is 5.91 Å². The largest absolute Gasteiger partial charge is 0.480 e. The van der Waals surface area contributed by atoms with Crippen molar-refractivity contribution in [3.05, 3.63) is 78.9 Å². The van der Waals surface area contributed by atoms with Crippen LogP contribution < -0.4 is 10.1 Å². The van der Waals surface area contributed by atoms with Crippen molar-refractivity contribution in [2.45, 2.75) is 17.9 Å². The van der Waals surface area contributed by atoms with E-state index in [1.165, 1.54) is 16.4 Å². The number of nitrogens with one attached hydrogen (secondary N) is 1. The molecule has 1 aliphatic heterocycles. The van der Waals surface area contributed by atoms with Crippen LogP contribution in [-0.4, -0.2) is 51.0 Å². The van der Waals surface area contributed by atoms with E-state index in [9.17, 15) is 13.2 Å². The first-order chi connectivity index (χ1) is 15.9. The average Bonchev–Trinajstić information content (AvgIpc) is 2.86. The van der Waals surface area contributed by atoms with Gasteiger partial charge in [0.05, 0.1) is 18.1 Å². The SMILES string of the molecule is C[C@H](Oc1ccccc1-c1ccccc1)C(=O)Nc1ccc(S(=O)(=O)N2CCOCC2)cc1. The highest BCUT2D eigenvalue weighted by atomic mass is 32.2. The number of amides is 1. The molecule has 0 unspecified atom stereocenters. The van der Waals surface area contributed by atoms with Gasteiger partial charge in [-0.05, 0) is 42.8 Å². The third-order valence-electron chi connectivity index (χ3n) is 5.37. The van der Waals surface area contributed by atoms with Crippen LogP contribution >= 0.6 is 0 Å². The molecule has 7 nitrogen and oxygen atoms in total. The van der Waals surface area contributed by atoms with Crippen LogP contribution in [0, 0.1) is 0 Å². The summed E-state index contributed by atoms with van der Waals surface area (Å²) in [6, 6.07) is 23.5. The van der Waals surface area contributed by atoms with E-state index in [1.807, 2.05) is 54.6 Å². The molecule has 1 heterocycles. The van der Waals surface area contributed by atoms with E-state index in [1.54, 1.807) is 19.1 Å². The standard InChI is InChI=1S/C25H26N2O5S/c1-19(32-24-10-6-5-9-23(24)20-7-3-2-4-8-20)25(28)26-21-11-13-22(14-12-21)33(29,30)27-15-17-31-18-16-27/h2-14,19H,15-18H2,1H3,(H,26,28)/t19-/m0/s1. The first-order valence-corrected chi connectivity index (χ1v) is 12.2. The minimum Gasteiger partial charge on any atom is -0.480 e. The predicted octanol–water partition coefficient (Wildman–Crippen LogP) is 3.78. The Hall–Kier alpha value is -3.20. The second kappa shape index (κ2) is 10.2. The lowest BCUT2D eigenvalue weighted by Gasteiger charge is -2.26. The van der Waals surface area contributed by atoms with Gasteiger partial charge in [0.2, 0.25) is 10.0 Å².